The van der Waals surface area contributed by atoms with Gasteiger partial charge in [0.1, 0.15) is 30.0 Å². The first-order valence-corrected chi connectivity index (χ1v) is 10.2. The summed E-state index contributed by atoms with van der Waals surface area (Å²) in [6, 6.07) is 21.8. The maximum atomic E-state index is 13.7. The Balaban J connectivity index is 1.64. The first-order chi connectivity index (χ1) is 15.2. The molecule has 3 aromatic carbocycles. The molecular weight excluding hydrogens is 415 g/mol. The molecule has 31 heavy (non-hydrogen) atoms. The second kappa shape index (κ2) is 6.96. The molecule has 0 aliphatic carbocycles. The summed E-state index contributed by atoms with van der Waals surface area (Å²) < 4.78 is 22.0. The van der Waals surface area contributed by atoms with Gasteiger partial charge in [0.05, 0.1) is 5.70 Å². The zero-order valence-electron chi connectivity index (χ0n) is 16.2. The SMILES string of the molecule is Fc1ccc([C@H]2Oc3ccc(Cl)cc3C3=C2[C@H](c2ccccc2)n2ncnc2N3)cc1. The van der Waals surface area contributed by atoms with Crippen LogP contribution < -0.4 is 10.1 Å². The highest BCUT2D eigenvalue weighted by molar-refractivity contribution is 6.30. The molecule has 0 spiro atoms. The van der Waals surface area contributed by atoms with Crippen LogP contribution in [0.25, 0.3) is 5.70 Å². The summed E-state index contributed by atoms with van der Waals surface area (Å²) in [6.45, 7) is 0. The topological polar surface area (TPSA) is 52.0 Å². The number of hydrogen-bond donors (Lipinski definition) is 1. The second-order valence-corrected chi connectivity index (χ2v) is 7.92. The van der Waals surface area contributed by atoms with E-state index in [9.17, 15) is 4.39 Å². The Morgan fingerprint density at radius 2 is 1.77 bits per heavy atom. The van der Waals surface area contributed by atoms with Gasteiger partial charge in [-0.2, -0.15) is 10.1 Å². The molecule has 0 bridgehead atoms. The zero-order chi connectivity index (χ0) is 20.9. The fourth-order valence-corrected chi connectivity index (χ4v) is 4.48. The minimum atomic E-state index is -0.445. The molecule has 0 radical (unpaired) electrons. The lowest BCUT2D eigenvalue weighted by molar-refractivity contribution is 0.223. The average molecular weight is 431 g/mol. The normalized spacial score (nSPS) is 19.0. The van der Waals surface area contributed by atoms with Gasteiger partial charge in [-0.25, -0.2) is 9.07 Å². The van der Waals surface area contributed by atoms with Crippen LogP contribution in [0, 0.1) is 5.82 Å². The summed E-state index contributed by atoms with van der Waals surface area (Å²) in [5.41, 5.74) is 4.60. The zero-order valence-corrected chi connectivity index (χ0v) is 16.9. The minimum absolute atomic E-state index is 0.253. The number of hydrogen-bond acceptors (Lipinski definition) is 4. The highest BCUT2D eigenvalue weighted by atomic mass is 35.5. The van der Waals surface area contributed by atoms with Crippen LogP contribution in [0.15, 0.2) is 84.7 Å². The number of fused-ring (bicyclic) bond motifs is 3. The molecule has 3 heterocycles. The number of halogens is 2. The molecule has 2 aliphatic heterocycles. The third-order valence-corrected chi connectivity index (χ3v) is 5.90. The summed E-state index contributed by atoms with van der Waals surface area (Å²) in [4.78, 5) is 4.41. The van der Waals surface area contributed by atoms with Gasteiger partial charge in [-0.05, 0) is 41.5 Å². The van der Waals surface area contributed by atoms with E-state index >= 15 is 0 Å². The Labute approximate surface area is 182 Å². The standard InChI is InChI=1S/C24H16ClFN4O/c25-16-8-11-19-18(12-16)21-20(23(31-19)15-6-9-17(26)10-7-15)22(14-4-2-1-3-5-14)30-24(29-21)27-13-28-30/h1-13,22-23H,(H,27,28,29)/t22-,23+/m0/s1. The fraction of sp³-hybridized carbons (Fsp3) is 0.0833. The van der Waals surface area contributed by atoms with Crippen LogP contribution in [-0.4, -0.2) is 14.8 Å². The summed E-state index contributed by atoms with van der Waals surface area (Å²) in [6.07, 6.45) is 1.09. The van der Waals surface area contributed by atoms with Gasteiger partial charge in [0.15, 0.2) is 0 Å². The van der Waals surface area contributed by atoms with Crippen molar-refractivity contribution in [1.29, 1.82) is 0 Å². The van der Waals surface area contributed by atoms with Crippen LogP contribution in [0.1, 0.15) is 28.8 Å². The lowest BCUT2D eigenvalue weighted by atomic mass is 9.84. The number of nitrogens with zero attached hydrogens (tertiary/aromatic N) is 3. The lowest BCUT2D eigenvalue weighted by Crippen LogP contribution is -2.32. The molecule has 6 rings (SSSR count). The summed E-state index contributed by atoms with van der Waals surface area (Å²) in [7, 11) is 0. The smallest absolute Gasteiger partial charge is 0.226 e. The van der Waals surface area contributed by atoms with E-state index in [0.29, 0.717) is 16.7 Å². The highest BCUT2D eigenvalue weighted by Gasteiger charge is 2.40. The predicted molar refractivity (Wildman–Crippen MR) is 116 cm³/mol. The van der Waals surface area contributed by atoms with Crippen molar-refractivity contribution in [3.63, 3.8) is 0 Å². The maximum Gasteiger partial charge on any atom is 0.226 e. The van der Waals surface area contributed by atoms with Crippen molar-refractivity contribution in [3.8, 4) is 5.75 Å². The molecule has 4 aromatic rings. The molecule has 0 amide bonds. The first-order valence-electron chi connectivity index (χ1n) is 9.86. The second-order valence-electron chi connectivity index (χ2n) is 7.49. The Morgan fingerprint density at radius 1 is 0.968 bits per heavy atom. The number of nitrogens with one attached hydrogen (secondary N) is 1. The van der Waals surface area contributed by atoms with Gasteiger partial charge in [0.2, 0.25) is 5.95 Å². The molecule has 0 saturated heterocycles. The van der Waals surface area contributed by atoms with E-state index in [2.05, 4.69) is 27.5 Å². The van der Waals surface area contributed by atoms with Crippen molar-refractivity contribution in [3.05, 3.63) is 112 Å². The molecule has 1 aromatic heterocycles. The van der Waals surface area contributed by atoms with Gasteiger partial charge in [-0.15, -0.1) is 0 Å². The van der Waals surface area contributed by atoms with Crippen LogP contribution in [0.3, 0.4) is 0 Å². The van der Waals surface area contributed by atoms with Gasteiger partial charge in [-0.3, -0.25) is 0 Å². The summed E-state index contributed by atoms with van der Waals surface area (Å²) in [5, 5.41) is 8.53. The largest absolute Gasteiger partial charge is 0.480 e. The molecular formula is C24H16ClFN4O. The van der Waals surface area contributed by atoms with E-state index in [1.165, 1.54) is 18.5 Å². The lowest BCUT2D eigenvalue weighted by Gasteiger charge is -2.39. The van der Waals surface area contributed by atoms with Gasteiger partial charge >= 0.3 is 0 Å². The number of aromatic nitrogens is 3. The van der Waals surface area contributed by atoms with Gasteiger partial charge < -0.3 is 10.1 Å². The van der Waals surface area contributed by atoms with E-state index in [0.717, 1.165) is 28.0 Å². The molecule has 5 nitrogen and oxygen atoms in total. The van der Waals surface area contributed by atoms with Crippen LogP contribution in [0.5, 0.6) is 5.75 Å². The van der Waals surface area contributed by atoms with E-state index in [-0.39, 0.29) is 11.9 Å². The molecule has 2 aliphatic rings. The monoisotopic (exact) mass is 430 g/mol. The molecule has 1 N–H and O–H groups in total. The number of ether oxygens (including phenoxy) is 1. The Hall–Kier alpha value is -3.64. The minimum Gasteiger partial charge on any atom is -0.480 e. The van der Waals surface area contributed by atoms with E-state index in [4.69, 9.17) is 16.3 Å². The van der Waals surface area contributed by atoms with Crippen LogP contribution in [-0.2, 0) is 0 Å². The van der Waals surface area contributed by atoms with E-state index < -0.39 is 6.10 Å². The number of benzene rings is 3. The molecule has 0 unspecified atom stereocenters. The van der Waals surface area contributed by atoms with E-state index in [1.807, 2.05) is 35.0 Å². The fourth-order valence-electron chi connectivity index (χ4n) is 4.31. The molecule has 7 heteroatoms. The molecule has 152 valence electrons. The Bertz CT molecular complexity index is 1320. The number of rotatable bonds is 2. The van der Waals surface area contributed by atoms with E-state index in [1.54, 1.807) is 18.2 Å². The van der Waals surface area contributed by atoms with Gasteiger partial charge in [0, 0.05) is 16.2 Å². The van der Waals surface area contributed by atoms with Crippen molar-refractivity contribution in [2.75, 3.05) is 5.32 Å². The Kier molecular flexibility index (Phi) is 4.07. The number of anilines is 1. The van der Waals surface area contributed by atoms with Crippen LogP contribution >= 0.6 is 11.6 Å². The van der Waals surface area contributed by atoms with Crippen LogP contribution in [0.2, 0.25) is 5.02 Å². The highest BCUT2D eigenvalue weighted by Crippen LogP contribution is 2.50. The maximum absolute atomic E-state index is 13.7. The molecule has 0 saturated carbocycles. The van der Waals surface area contributed by atoms with Crippen LogP contribution in [0.4, 0.5) is 10.3 Å². The van der Waals surface area contributed by atoms with Gasteiger partial charge in [-0.1, -0.05) is 54.1 Å². The third-order valence-electron chi connectivity index (χ3n) is 5.66. The van der Waals surface area contributed by atoms with Crippen molar-refractivity contribution in [2.24, 2.45) is 0 Å². The quantitative estimate of drug-likeness (QED) is 0.447. The van der Waals surface area contributed by atoms with Gasteiger partial charge in [0.25, 0.3) is 0 Å². The first kappa shape index (κ1) is 18.2. The van der Waals surface area contributed by atoms with Crippen molar-refractivity contribution < 1.29 is 9.13 Å². The average Bonchev–Trinajstić information content (AvgIpc) is 3.27. The molecule has 0 fully saturated rings. The van der Waals surface area contributed by atoms with Crippen molar-refractivity contribution in [1.82, 2.24) is 14.8 Å². The third kappa shape index (κ3) is 2.91. The molecule has 2 atom stereocenters. The summed E-state index contributed by atoms with van der Waals surface area (Å²) >= 11 is 6.33. The van der Waals surface area contributed by atoms with Crippen molar-refractivity contribution >= 4 is 23.2 Å². The Morgan fingerprint density at radius 3 is 2.58 bits per heavy atom. The predicted octanol–water partition coefficient (Wildman–Crippen LogP) is 5.63. The summed E-state index contributed by atoms with van der Waals surface area (Å²) in [5.74, 6) is 1.05. The van der Waals surface area contributed by atoms with Crippen molar-refractivity contribution in [2.45, 2.75) is 12.1 Å².